The second kappa shape index (κ2) is 12.2. The van der Waals surface area contributed by atoms with E-state index in [-0.39, 0.29) is 42.5 Å². The first kappa shape index (κ1) is 23.7. The van der Waals surface area contributed by atoms with Gasteiger partial charge in [0.15, 0.2) is 5.96 Å². The lowest BCUT2D eigenvalue weighted by atomic mass is 10.1. The summed E-state index contributed by atoms with van der Waals surface area (Å²) in [6, 6.07) is 8.70. The Morgan fingerprint density at radius 3 is 2.59 bits per heavy atom. The highest BCUT2D eigenvalue weighted by Crippen LogP contribution is 2.14. The van der Waals surface area contributed by atoms with E-state index < -0.39 is 0 Å². The van der Waals surface area contributed by atoms with Crippen molar-refractivity contribution in [2.45, 2.75) is 32.7 Å². The van der Waals surface area contributed by atoms with Gasteiger partial charge in [0.2, 0.25) is 5.91 Å². The molecule has 2 atom stereocenters. The van der Waals surface area contributed by atoms with Gasteiger partial charge < -0.3 is 20.3 Å². The van der Waals surface area contributed by atoms with Crippen LogP contribution in [-0.2, 0) is 16.0 Å². The molecule has 1 saturated heterocycles. The predicted octanol–water partition coefficient (Wildman–Crippen LogP) is 2.59. The number of rotatable bonds is 7. The Labute approximate surface area is 180 Å². The van der Waals surface area contributed by atoms with E-state index in [0.29, 0.717) is 11.9 Å². The minimum Gasteiger partial charge on any atom is -0.381 e. The first-order valence-electron chi connectivity index (χ1n) is 9.41. The number of halogens is 1. The summed E-state index contributed by atoms with van der Waals surface area (Å²) in [4.78, 5) is 17.9. The molecule has 0 aliphatic carbocycles. The van der Waals surface area contributed by atoms with E-state index in [0.717, 1.165) is 32.6 Å². The number of ether oxygens (including phenoxy) is 1. The van der Waals surface area contributed by atoms with Crippen molar-refractivity contribution in [1.29, 1.82) is 0 Å². The number of benzene rings is 1. The molecule has 2 N–H and O–H groups in total. The molecule has 1 fully saturated rings. The summed E-state index contributed by atoms with van der Waals surface area (Å²) >= 11 is 0. The zero-order chi connectivity index (χ0) is 18.9. The maximum Gasteiger partial charge on any atom is 0.243 e. The zero-order valence-corrected chi connectivity index (χ0v) is 19.2. The number of nitrogens with one attached hydrogen (secondary N) is 2. The highest BCUT2D eigenvalue weighted by molar-refractivity contribution is 14.0. The molecule has 1 aliphatic heterocycles. The Hall–Kier alpha value is -1.35. The summed E-state index contributed by atoms with van der Waals surface area (Å²) < 4.78 is 5.43. The molecule has 152 valence electrons. The van der Waals surface area contributed by atoms with Crippen LogP contribution in [0.25, 0.3) is 0 Å². The third-order valence-corrected chi connectivity index (χ3v) is 4.69. The molecule has 0 spiro atoms. The van der Waals surface area contributed by atoms with Gasteiger partial charge in [-0.2, -0.15) is 0 Å². The van der Waals surface area contributed by atoms with Crippen LogP contribution in [-0.4, -0.2) is 57.2 Å². The van der Waals surface area contributed by atoms with Crippen molar-refractivity contribution in [2.75, 3.05) is 40.4 Å². The molecule has 1 aromatic carbocycles. The quantitative estimate of drug-likeness (QED) is 0.352. The van der Waals surface area contributed by atoms with Gasteiger partial charge in [-0.15, -0.1) is 24.0 Å². The molecular weight excluding hydrogens is 455 g/mol. The molecule has 1 aromatic rings. The number of aryl methyl sites for hydroxylation is 1. The summed E-state index contributed by atoms with van der Waals surface area (Å²) in [7, 11) is 3.48. The Morgan fingerprint density at radius 2 is 2.04 bits per heavy atom. The number of amides is 1. The standard InChI is InChI=1S/C20H32N4O2.HI/c1-5-16-6-8-18(9-7-16)15(2)23-20(22-13-19(25)24(3)4)21-12-17-10-11-26-14-17;/h6-9,15,17H,5,10-14H2,1-4H3,(H2,21,22,23);1H. The number of nitrogens with zero attached hydrogens (tertiary/aromatic N) is 2. The van der Waals surface area contributed by atoms with Gasteiger partial charge in [-0.25, -0.2) is 4.99 Å². The monoisotopic (exact) mass is 488 g/mol. The largest absolute Gasteiger partial charge is 0.381 e. The Balaban J connectivity index is 0.00000364. The highest BCUT2D eigenvalue weighted by Gasteiger charge is 2.17. The van der Waals surface area contributed by atoms with Crippen molar-refractivity contribution in [3.05, 3.63) is 35.4 Å². The van der Waals surface area contributed by atoms with Crippen molar-refractivity contribution < 1.29 is 9.53 Å². The number of aliphatic imine (C=N–C) groups is 1. The number of carbonyl (C=O) groups is 1. The van der Waals surface area contributed by atoms with Gasteiger partial charge in [-0.1, -0.05) is 31.2 Å². The van der Waals surface area contributed by atoms with E-state index in [1.807, 2.05) is 0 Å². The molecular formula is C20H33IN4O2. The van der Waals surface area contributed by atoms with E-state index in [2.05, 4.69) is 53.7 Å². The maximum atomic E-state index is 11.9. The third-order valence-electron chi connectivity index (χ3n) is 4.69. The van der Waals surface area contributed by atoms with Gasteiger partial charge in [0.25, 0.3) is 0 Å². The van der Waals surface area contributed by atoms with Gasteiger partial charge >= 0.3 is 0 Å². The highest BCUT2D eigenvalue weighted by atomic mass is 127. The number of likely N-dealkylation sites (N-methyl/N-ethyl adjacent to an activating group) is 1. The van der Waals surface area contributed by atoms with Gasteiger partial charge in [0.05, 0.1) is 12.6 Å². The van der Waals surface area contributed by atoms with E-state index in [9.17, 15) is 4.79 Å². The topological polar surface area (TPSA) is 66.0 Å². The number of carbonyl (C=O) groups excluding carboxylic acids is 1. The smallest absolute Gasteiger partial charge is 0.243 e. The average molecular weight is 488 g/mol. The second-order valence-corrected chi connectivity index (χ2v) is 7.02. The van der Waals surface area contributed by atoms with Gasteiger partial charge in [-0.05, 0) is 30.9 Å². The van der Waals surface area contributed by atoms with E-state index in [1.54, 1.807) is 19.0 Å². The molecule has 2 unspecified atom stereocenters. The summed E-state index contributed by atoms with van der Waals surface area (Å²) in [5.41, 5.74) is 2.52. The molecule has 7 heteroatoms. The van der Waals surface area contributed by atoms with Crippen LogP contribution in [0, 0.1) is 5.92 Å². The first-order valence-corrected chi connectivity index (χ1v) is 9.41. The van der Waals surface area contributed by atoms with Crippen molar-refractivity contribution >= 4 is 35.8 Å². The Kier molecular flexibility index (Phi) is 10.7. The first-order chi connectivity index (χ1) is 12.5. The summed E-state index contributed by atoms with van der Waals surface area (Å²) in [6.45, 7) is 6.79. The van der Waals surface area contributed by atoms with Crippen molar-refractivity contribution in [3.63, 3.8) is 0 Å². The minimum atomic E-state index is -0.0183. The fourth-order valence-corrected chi connectivity index (χ4v) is 2.76. The van der Waals surface area contributed by atoms with Gasteiger partial charge in [-0.3, -0.25) is 4.79 Å². The lowest BCUT2D eigenvalue weighted by molar-refractivity contribution is -0.127. The van der Waals surface area contributed by atoms with Crippen LogP contribution >= 0.6 is 24.0 Å². The maximum absolute atomic E-state index is 11.9. The van der Waals surface area contributed by atoms with Crippen LogP contribution in [0.5, 0.6) is 0 Å². The molecule has 6 nitrogen and oxygen atoms in total. The molecule has 1 heterocycles. The lowest BCUT2D eigenvalue weighted by Crippen LogP contribution is -2.42. The molecule has 27 heavy (non-hydrogen) atoms. The molecule has 1 amide bonds. The molecule has 0 radical (unpaired) electrons. The summed E-state index contributed by atoms with van der Waals surface area (Å²) in [5, 5.41) is 6.78. The Morgan fingerprint density at radius 1 is 1.33 bits per heavy atom. The third kappa shape index (κ3) is 8.04. The molecule has 0 aromatic heterocycles. The summed E-state index contributed by atoms with van der Waals surface area (Å²) in [6.07, 6.45) is 2.09. The normalized spacial score (nSPS) is 17.8. The number of hydrogen-bond donors (Lipinski definition) is 2. The van der Waals surface area contributed by atoms with Crippen LogP contribution in [0.1, 0.15) is 37.4 Å². The van der Waals surface area contributed by atoms with Crippen LogP contribution < -0.4 is 10.6 Å². The van der Waals surface area contributed by atoms with E-state index in [4.69, 9.17) is 4.74 Å². The fraction of sp³-hybridized carbons (Fsp3) is 0.600. The lowest BCUT2D eigenvalue weighted by Gasteiger charge is -2.20. The van der Waals surface area contributed by atoms with Crippen molar-refractivity contribution in [3.8, 4) is 0 Å². The van der Waals surface area contributed by atoms with Crippen LogP contribution in [0.4, 0.5) is 0 Å². The fourth-order valence-electron chi connectivity index (χ4n) is 2.76. The van der Waals surface area contributed by atoms with E-state index >= 15 is 0 Å². The van der Waals surface area contributed by atoms with Gasteiger partial charge in [0.1, 0.15) is 6.54 Å². The summed E-state index contributed by atoms with van der Waals surface area (Å²) in [5.74, 6) is 1.14. The zero-order valence-electron chi connectivity index (χ0n) is 16.8. The van der Waals surface area contributed by atoms with Crippen LogP contribution in [0.15, 0.2) is 29.3 Å². The van der Waals surface area contributed by atoms with E-state index in [1.165, 1.54) is 11.1 Å². The SMILES string of the molecule is CCc1ccc(C(C)NC(=NCC(=O)N(C)C)NCC2CCOC2)cc1.I. The molecule has 2 rings (SSSR count). The van der Waals surface area contributed by atoms with Crippen LogP contribution in [0.2, 0.25) is 0 Å². The number of guanidine groups is 1. The second-order valence-electron chi connectivity index (χ2n) is 7.02. The van der Waals surface area contributed by atoms with Gasteiger partial charge in [0, 0.05) is 33.2 Å². The molecule has 0 saturated carbocycles. The minimum absolute atomic E-state index is 0. The van der Waals surface area contributed by atoms with Crippen molar-refractivity contribution in [2.24, 2.45) is 10.9 Å². The molecule has 0 bridgehead atoms. The number of hydrogen-bond acceptors (Lipinski definition) is 3. The van der Waals surface area contributed by atoms with Crippen LogP contribution in [0.3, 0.4) is 0 Å². The average Bonchev–Trinajstić information content (AvgIpc) is 3.17. The van der Waals surface area contributed by atoms with Crippen molar-refractivity contribution in [1.82, 2.24) is 15.5 Å². The molecule has 1 aliphatic rings. The Bertz CT molecular complexity index is 599. The predicted molar refractivity (Wildman–Crippen MR) is 121 cm³/mol.